The Morgan fingerprint density at radius 1 is 1.29 bits per heavy atom. The predicted octanol–water partition coefficient (Wildman–Crippen LogP) is 4.93. The lowest BCUT2D eigenvalue weighted by molar-refractivity contribution is 0.211. The first-order valence-electron chi connectivity index (χ1n) is 6.22. The smallest absolute Gasteiger partial charge is 0.101 e. The van der Waals surface area contributed by atoms with Crippen LogP contribution in [0, 0.1) is 6.92 Å². The lowest BCUT2D eigenvalue weighted by Crippen LogP contribution is -2.01. The summed E-state index contributed by atoms with van der Waals surface area (Å²) in [5.74, 6) is 0. The molecule has 0 aromatic heterocycles. The summed E-state index contributed by atoms with van der Waals surface area (Å²) in [7, 11) is 0. The summed E-state index contributed by atoms with van der Waals surface area (Å²) in [5, 5.41) is 10.3. The third kappa shape index (κ3) is 4.80. The second-order valence-electron chi connectivity index (χ2n) is 4.45. The molecule has 0 heterocycles. The van der Waals surface area contributed by atoms with E-state index in [9.17, 15) is 5.11 Å². The van der Waals surface area contributed by atoms with Crippen molar-refractivity contribution in [3.63, 3.8) is 0 Å². The molecule has 0 bridgehead atoms. The maximum atomic E-state index is 10.3. The van der Waals surface area contributed by atoms with E-state index in [1.807, 2.05) is 16.2 Å². The lowest BCUT2D eigenvalue weighted by atomic mass is 9.97. The average molecular weight is 344 g/mol. The molecule has 1 N–H and O–H groups in total. The predicted molar refractivity (Wildman–Crippen MR) is 82.4 cm³/mol. The number of benzene rings is 1. The van der Waals surface area contributed by atoms with Crippen LogP contribution >= 0.6 is 22.6 Å². The first-order valence-corrected chi connectivity index (χ1v) is 7.47. The van der Waals surface area contributed by atoms with E-state index in [4.69, 9.17) is 0 Å². The molecule has 0 radical (unpaired) electrons. The first kappa shape index (κ1) is 14.7. The largest absolute Gasteiger partial charge is 0.384 e. The van der Waals surface area contributed by atoms with Crippen molar-refractivity contribution in [2.45, 2.75) is 45.6 Å². The molecule has 0 saturated heterocycles. The van der Waals surface area contributed by atoms with E-state index in [1.165, 1.54) is 18.4 Å². The van der Waals surface area contributed by atoms with Crippen molar-refractivity contribution in [1.82, 2.24) is 0 Å². The van der Waals surface area contributed by atoms with Crippen LogP contribution in [-0.2, 0) is 0 Å². The van der Waals surface area contributed by atoms with Crippen LogP contribution in [-0.4, -0.2) is 5.11 Å². The van der Waals surface area contributed by atoms with Crippen LogP contribution in [0.25, 0.3) is 0 Å². The summed E-state index contributed by atoms with van der Waals surface area (Å²) < 4.78 is 2.03. The quantitative estimate of drug-likeness (QED) is 0.573. The Labute approximate surface area is 118 Å². The number of unbranched alkanes of at least 4 members (excludes halogenated alkanes) is 2. The van der Waals surface area contributed by atoms with E-state index < -0.39 is 6.10 Å². The summed E-state index contributed by atoms with van der Waals surface area (Å²) in [5.41, 5.74) is 3.35. The van der Waals surface area contributed by atoms with Gasteiger partial charge in [0.05, 0.1) is 0 Å². The Morgan fingerprint density at radius 3 is 2.47 bits per heavy atom. The number of aliphatic hydroxyl groups is 1. The van der Waals surface area contributed by atoms with Gasteiger partial charge in [-0.1, -0.05) is 72.2 Å². The minimum atomic E-state index is -0.440. The molecule has 1 nitrogen and oxygen atoms in total. The Morgan fingerprint density at radius 2 is 1.94 bits per heavy atom. The van der Waals surface area contributed by atoms with Gasteiger partial charge in [-0.15, -0.1) is 0 Å². The van der Waals surface area contributed by atoms with Gasteiger partial charge >= 0.3 is 0 Å². The number of aryl methyl sites for hydroxylation is 1. The van der Waals surface area contributed by atoms with Crippen molar-refractivity contribution >= 4 is 22.6 Å². The van der Waals surface area contributed by atoms with Gasteiger partial charge in [0.25, 0.3) is 0 Å². The molecule has 1 aromatic rings. The molecule has 1 atom stereocenters. The van der Waals surface area contributed by atoms with Gasteiger partial charge in [-0.2, -0.15) is 0 Å². The number of rotatable bonds is 6. The number of hydrogen-bond acceptors (Lipinski definition) is 1. The van der Waals surface area contributed by atoms with Crippen LogP contribution in [0.4, 0.5) is 0 Å². The van der Waals surface area contributed by atoms with Crippen LogP contribution in [0.15, 0.2) is 33.9 Å². The summed E-state index contributed by atoms with van der Waals surface area (Å²) in [6.07, 6.45) is 4.16. The topological polar surface area (TPSA) is 20.2 Å². The zero-order valence-electron chi connectivity index (χ0n) is 10.6. The first-order chi connectivity index (χ1) is 8.19. The number of aliphatic hydroxyl groups excluding tert-OH is 1. The van der Waals surface area contributed by atoms with Crippen molar-refractivity contribution in [2.75, 3.05) is 0 Å². The van der Waals surface area contributed by atoms with Gasteiger partial charge in [-0.3, -0.25) is 0 Å². The maximum absolute atomic E-state index is 10.3. The summed E-state index contributed by atoms with van der Waals surface area (Å²) >= 11 is 2.23. The molecule has 0 aliphatic heterocycles. The Bertz CT molecular complexity index is 354. The highest BCUT2D eigenvalue weighted by molar-refractivity contribution is 14.1. The zero-order chi connectivity index (χ0) is 12.7. The molecule has 0 fully saturated rings. The molecule has 1 unspecified atom stereocenters. The fraction of sp³-hybridized carbons (Fsp3) is 0.467. The van der Waals surface area contributed by atoms with Crippen molar-refractivity contribution in [3.8, 4) is 0 Å². The van der Waals surface area contributed by atoms with Crippen molar-refractivity contribution in [1.29, 1.82) is 0 Å². The zero-order valence-corrected chi connectivity index (χ0v) is 12.8. The van der Waals surface area contributed by atoms with Gasteiger partial charge < -0.3 is 5.11 Å². The van der Waals surface area contributed by atoms with Gasteiger partial charge in [0, 0.05) is 0 Å². The number of halogens is 1. The average Bonchev–Trinajstić information content (AvgIpc) is 2.35. The molecule has 1 rings (SSSR count). The van der Waals surface area contributed by atoms with Gasteiger partial charge in [-0.05, 0) is 35.0 Å². The summed E-state index contributed by atoms with van der Waals surface area (Å²) in [6, 6.07) is 8.13. The van der Waals surface area contributed by atoms with Gasteiger partial charge in [-0.25, -0.2) is 0 Å². The third-order valence-corrected chi connectivity index (χ3v) is 3.75. The molecule has 0 spiro atoms. The second-order valence-corrected chi connectivity index (χ2v) is 5.08. The van der Waals surface area contributed by atoms with Gasteiger partial charge in [0.1, 0.15) is 6.10 Å². The van der Waals surface area contributed by atoms with E-state index in [-0.39, 0.29) is 0 Å². The van der Waals surface area contributed by atoms with Gasteiger partial charge in [0.15, 0.2) is 0 Å². The minimum absolute atomic E-state index is 0.440. The molecule has 0 aliphatic rings. The highest BCUT2D eigenvalue weighted by atomic mass is 127. The Kier molecular flexibility index (Phi) is 6.82. The van der Waals surface area contributed by atoms with Crippen molar-refractivity contribution < 1.29 is 5.11 Å². The second kappa shape index (κ2) is 7.88. The summed E-state index contributed by atoms with van der Waals surface area (Å²) in [6.45, 7) is 4.26. The molecule has 94 valence electrons. The van der Waals surface area contributed by atoms with E-state index in [0.29, 0.717) is 0 Å². The SMILES string of the molecule is CCCCCC(=CI)C(O)c1ccc(C)cc1. The molecular weight excluding hydrogens is 323 g/mol. The van der Waals surface area contributed by atoms with E-state index in [0.717, 1.165) is 24.0 Å². The highest BCUT2D eigenvalue weighted by Crippen LogP contribution is 2.27. The lowest BCUT2D eigenvalue weighted by Gasteiger charge is -2.15. The van der Waals surface area contributed by atoms with Crippen LogP contribution in [0.2, 0.25) is 0 Å². The maximum Gasteiger partial charge on any atom is 0.101 e. The third-order valence-electron chi connectivity index (χ3n) is 2.95. The van der Waals surface area contributed by atoms with Crippen molar-refractivity contribution in [3.05, 3.63) is 45.0 Å². The highest BCUT2D eigenvalue weighted by Gasteiger charge is 2.12. The molecular formula is C15H21IO. The van der Waals surface area contributed by atoms with Crippen molar-refractivity contribution in [2.24, 2.45) is 0 Å². The standard InChI is InChI=1S/C15H21IO/c1-3-4-5-6-14(11-16)15(17)13-9-7-12(2)8-10-13/h7-11,15,17H,3-6H2,1-2H3. The molecule has 2 heteroatoms. The fourth-order valence-electron chi connectivity index (χ4n) is 1.79. The molecule has 0 aliphatic carbocycles. The van der Waals surface area contributed by atoms with Crippen LogP contribution in [0.1, 0.15) is 49.8 Å². The number of hydrogen-bond donors (Lipinski definition) is 1. The molecule has 0 amide bonds. The van der Waals surface area contributed by atoms with Crippen LogP contribution in [0.5, 0.6) is 0 Å². The summed E-state index contributed by atoms with van der Waals surface area (Å²) in [4.78, 5) is 0. The molecule has 17 heavy (non-hydrogen) atoms. The molecule has 0 saturated carbocycles. The fourth-order valence-corrected chi connectivity index (χ4v) is 2.44. The van der Waals surface area contributed by atoms with Gasteiger partial charge in [0.2, 0.25) is 0 Å². The van der Waals surface area contributed by atoms with E-state index in [1.54, 1.807) is 0 Å². The Balaban J connectivity index is 2.66. The van der Waals surface area contributed by atoms with E-state index in [2.05, 4.69) is 48.6 Å². The van der Waals surface area contributed by atoms with Crippen LogP contribution in [0.3, 0.4) is 0 Å². The van der Waals surface area contributed by atoms with E-state index >= 15 is 0 Å². The Hall–Kier alpha value is -0.350. The minimum Gasteiger partial charge on any atom is -0.384 e. The normalized spacial score (nSPS) is 13.8. The van der Waals surface area contributed by atoms with Crippen LogP contribution < -0.4 is 0 Å². The molecule has 1 aromatic carbocycles. The monoisotopic (exact) mass is 344 g/mol.